The average molecular weight is 421 g/mol. The van der Waals surface area contributed by atoms with Crippen molar-refractivity contribution in [2.45, 2.75) is 12.5 Å². The summed E-state index contributed by atoms with van der Waals surface area (Å²) < 4.78 is 4.79. The van der Waals surface area contributed by atoms with Crippen LogP contribution in [0.2, 0.25) is 0 Å². The van der Waals surface area contributed by atoms with Crippen LogP contribution in [0.15, 0.2) is 67.3 Å². The highest BCUT2D eigenvalue weighted by molar-refractivity contribution is 6.22. The number of nitrogens with zero attached hydrogens (tertiary/aromatic N) is 1. The zero-order chi connectivity index (χ0) is 22.2. The van der Waals surface area contributed by atoms with Gasteiger partial charge in [-0.05, 0) is 17.7 Å². The minimum absolute atomic E-state index is 0.0804. The van der Waals surface area contributed by atoms with Crippen LogP contribution < -0.4 is 10.6 Å². The minimum atomic E-state index is -1.03. The first-order chi connectivity index (χ1) is 15.0. The molecule has 8 heteroatoms. The van der Waals surface area contributed by atoms with E-state index in [1.807, 2.05) is 30.3 Å². The number of rotatable bonds is 9. The molecule has 31 heavy (non-hydrogen) atoms. The molecule has 0 bridgehead atoms. The van der Waals surface area contributed by atoms with Crippen molar-refractivity contribution in [3.63, 3.8) is 0 Å². The summed E-state index contributed by atoms with van der Waals surface area (Å²) in [5, 5.41) is 5.18. The van der Waals surface area contributed by atoms with E-state index in [-0.39, 0.29) is 37.2 Å². The molecule has 2 aromatic carbocycles. The lowest BCUT2D eigenvalue weighted by Crippen LogP contribution is -2.51. The zero-order valence-electron chi connectivity index (χ0n) is 16.9. The lowest BCUT2D eigenvalue weighted by Gasteiger charge is -2.25. The van der Waals surface area contributed by atoms with Gasteiger partial charge in [0.25, 0.3) is 11.8 Å². The molecule has 1 aliphatic heterocycles. The molecule has 4 amide bonds. The van der Waals surface area contributed by atoms with Crippen molar-refractivity contribution in [2.24, 2.45) is 0 Å². The maximum Gasteiger partial charge on any atom is 0.407 e. The van der Waals surface area contributed by atoms with Gasteiger partial charge < -0.3 is 15.4 Å². The van der Waals surface area contributed by atoms with E-state index >= 15 is 0 Å². The third-order valence-corrected chi connectivity index (χ3v) is 4.74. The molecule has 0 aliphatic carbocycles. The summed E-state index contributed by atoms with van der Waals surface area (Å²) in [6.07, 6.45) is 0.986. The third kappa shape index (κ3) is 5.16. The Balaban J connectivity index is 1.71. The maximum absolute atomic E-state index is 13.0. The molecule has 0 radical (unpaired) electrons. The van der Waals surface area contributed by atoms with Gasteiger partial charge in [-0.2, -0.15) is 0 Å². The molecule has 160 valence electrons. The van der Waals surface area contributed by atoms with E-state index in [1.165, 1.54) is 6.08 Å². The fourth-order valence-corrected chi connectivity index (χ4v) is 3.28. The Morgan fingerprint density at radius 3 is 2.13 bits per heavy atom. The number of benzene rings is 2. The SMILES string of the molecule is C=CCOC(=O)NCCNC(=O)C(Cc1ccccc1)N1C(=O)c2ccccc2C1=O. The number of nitrogens with one attached hydrogen (secondary N) is 2. The number of hydrogen-bond acceptors (Lipinski definition) is 5. The monoisotopic (exact) mass is 421 g/mol. The molecule has 0 saturated carbocycles. The van der Waals surface area contributed by atoms with Gasteiger partial charge in [0.05, 0.1) is 11.1 Å². The Hall–Kier alpha value is -3.94. The number of ether oxygens (including phenoxy) is 1. The van der Waals surface area contributed by atoms with Crippen LogP contribution in [-0.2, 0) is 16.0 Å². The molecule has 0 saturated heterocycles. The van der Waals surface area contributed by atoms with Crippen molar-refractivity contribution in [2.75, 3.05) is 19.7 Å². The van der Waals surface area contributed by atoms with Gasteiger partial charge in [-0.3, -0.25) is 19.3 Å². The highest BCUT2D eigenvalue weighted by Crippen LogP contribution is 2.26. The largest absolute Gasteiger partial charge is 0.445 e. The minimum Gasteiger partial charge on any atom is -0.445 e. The van der Waals surface area contributed by atoms with E-state index in [1.54, 1.807) is 24.3 Å². The van der Waals surface area contributed by atoms with Gasteiger partial charge in [0.1, 0.15) is 12.6 Å². The lowest BCUT2D eigenvalue weighted by atomic mass is 10.0. The van der Waals surface area contributed by atoms with E-state index in [2.05, 4.69) is 17.2 Å². The van der Waals surface area contributed by atoms with Crippen LogP contribution in [0.3, 0.4) is 0 Å². The molecular weight excluding hydrogens is 398 g/mol. The highest BCUT2D eigenvalue weighted by Gasteiger charge is 2.42. The first-order valence-electron chi connectivity index (χ1n) is 9.83. The lowest BCUT2D eigenvalue weighted by molar-refractivity contribution is -0.125. The predicted octanol–water partition coefficient (Wildman–Crippen LogP) is 1.92. The normalized spacial score (nSPS) is 13.4. The van der Waals surface area contributed by atoms with Crippen LogP contribution in [0.5, 0.6) is 0 Å². The van der Waals surface area contributed by atoms with Gasteiger partial charge in [0, 0.05) is 19.5 Å². The second-order valence-electron chi connectivity index (χ2n) is 6.84. The van der Waals surface area contributed by atoms with Crippen molar-refractivity contribution in [1.29, 1.82) is 0 Å². The number of carbonyl (C=O) groups excluding carboxylic acids is 4. The van der Waals surface area contributed by atoms with Gasteiger partial charge in [-0.1, -0.05) is 55.1 Å². The molecule has 2 N–H and O–H groups in total. The van der Waals surface area contributed by atoms with Crippen LogP contribution >= 0.6 is 0 Å². The first-order valence-corrected chi connectivity index (χ1v) is 9.83. The van der Waals surface area contributed by atoms with Crippen LogP contribution in [0.25, 0.3) is 0 Å². The molecule has 0 fully saturated rings. The quantitative estimate of drug-likeness (QED) is 0.366. The standard InChI is InChI=1S/C23H23N3O5/c1-2-14-31-23(30)25-13-12-24-20(27)19(15-16-8-4-3-5-9-16)26-21(28)17-10-6-7-11-18(17)22(26)29/h2-11,19H,1,12-15H2,(H,24,27)(H,25,30). The van der Waals surface area contributed by atoms with E-state index in [0.717, 1.165) is 10.5 Å². The fraction of sp³-hybridized carbons (Fsp3) is 0.217. The second-order valence-corrected chi connectivity index (χ2v) is 6.84. The van der Waals surface area contributed by atoms with Crippen LogP contribution in [0.4, 0.5) is 4.79 Å². The highest BCUT2D eigenvalue weighted by atomic mass is 16.5. The number of hydrogen-bond donors (Lipinski definition) is 2. The molecule has 1 atom stereocenters. The average Bonchev–Trinajstić information content (AvgIpc) is 3.04. The smallest absolute Gasteiger partial charge is 0.407 e. The summed E-state index contributed by atoms with van der Waals surface area (Å²) in [5.74, 6) is -1.48. The summed E-state index contributed by atoms with van der Waals surface area (Å²) in [6, 6.07) is 14.6. The fourth-order valence-electron chi connectivity index (χ4n) is 3.28. The summed E-state index contributed by atoms with van der Waals surface area (Å²) >= 11 is 0. The Morgan fingerprint density at radius 2 is 1.52 bits per heavy atom. The molecule has 3 rings (SSSR count). The van der Waals surface area contributed by atoms with Gasteiger partial charge in [0.2, 0.25) is 5.91 Å². The third-order valence-electron chi connectivity index (χ3n) is 4.74. The molecule has 2 aromatic rings. The van der Waals surface area contributed by atoms with Gasteiger partial charge in [0.15, 0.2) is 0 Å². The summed E-state index contributed by atoms with van der Waals surface area (Å²) in [7, 11) is 0. The second kappa shape index (κ2) is 10.2. The van der Waals surface area contributed by atoms with E-state index in [9.17, 15) is 19.2 Å². The molecular formula is C23H23N3O5. The van der Waals surface area contributed by atoms with Crippen molar-refractivity contribution >= 4 is 23.8 Å². The number of imide groups is 1. The van der Waals surface area contributed by atoms with Crippen molar-refractivity contribution in [3.8, 4) is 0 Å². The maximum atomic E-state index is 13.0. The van der Waals surface area contributed by atoms with Gasteiger partial charge in [-0.15, -0.1) is 0 Å². The Morgan fingerprint density at radius 1 is 0.935 bits per heavy atom. The zero-order valence-corrected chi connectivity index (χ0v) is 16.9. The topological polar surface area (TPSA) is 105 Å². The molecule has 8 nitrogen and oxygen atoms in total. The van der Waals surface area contributed by atoms with Crippen molar-refractivity contribution in [3.05, 3.63) is 83.9 Å². The summed E-state index contributed by atoms with van der Waals surface area (Å²) in [4.78, 5) is 51.3. The number of fused-ring (bicyclic) bond motifs is 1. The molecule has 1 unspecified atom stereocenters. The van der Waals surface area contributed by atoms with Crippen LogP contribution in [-0.4, -0.2) is 54.5 Å². The molecule has 1 aliphatic rings. The van der Waals surface area contributed by atoms with Crippen LogP contribution in [0, 0.1) is 0 Å². The number of amides is 4. The Kier molecular flexibility index (Phi) is 7.16. The van der Waals surface area contributed by atoms with Gasteiger partial charge >= 0.3 is 6.09 Å². The molecule has 1 heterocycles. The van der Waals surface area contributed by atoms with Crippen molar-refractivity contribution in [1.82, 2.24) is 15.5 Å². The van der Waals surface area contributed by atoms with E-state index < -0.39 is 29.9 Å². The number of carbonyl (C=O) groups is 4. The summed E-state index contributed by atoms with van der Waals surface area (Å²) in [6.45, 7) is 3.76. The van der Waals surface area contributed by atoms with Crippen molar-refractivity contribution < 1.29 is 23.9 Å². The van der Waals surface area contributed by atoms with Gasteiger partial charge in [-0.25, -0.2) is 4.79 Å². The Bertz CT molecular complexity index is 955. The van der Waals surface area contributed by atoms with E-state index in [4.69, 9.17) is 4.74 Å². The molecule has 0 aromatic heterocycles. The summed E-state index contributed by atoms with van der Waals surface area (Å²) in [5.41, 5.74) is 1.38. The van der Waals surface area contributed by atoms with E-state index in [0.29, 0.717) is 0 Å². The predicted molar refractivity (Wildman–Crippen MR) is 113 cm³/mol. The first kappa shape index (κ1) is 21.8. The number of alkyl carbamates (subject to hydrolysis) is 1. The Labute approximate surface area is 179 Å². The van der Waals surface area contributed by atoms with Crippen LogP contribution in [0.1, 0.15) is 26.3 Å². The molecule has 0 spiro atoms.